The maximum absolute atomic E-state index is 5.68. The van der Waals surface area contributed by atoms with Gasteiger partial charge in [-0.05, 0) is 77.2 Å². The Kier molecular flexibility index (Phi) is 7.32. The smallest absolute Gasteiger partial charge is 0.0235 e. The summed E-state index contributed by atoms with van der Waals surface area (Å²) in [5, 5.41) is 0. The number of piperidine rings is 1. The standard InChI is InChI=1S/C17H35N3/c1-2-16(8-10-18)7-6-11-19-14-9-17(15-19)20-12-4-3-5-13-20/h16-17H,2-15,18H2,1H3. The molecule has 20 heavy (non-hydrogen) atoms. The fraction of sp³-hybridized carbons (Fsp3) is 1.00. The van der Waals surface area contributed by atoms with Crippen LogP contribution in [0.1, 0.15) is 58.3 Å². The maximum Gasteiger partial charge on any atom is 0.0235 e. The van der Waals surface area contributed by atoms with Gasteiger partial charge in [0.15, 0.2) is 0 Å². The highest BCUT2D eigenvalue weighted by atomic mass is 15.3. The third kappa shape index (κ3) is 5.01. The van der Waals surface area contributed by atoms with Gasteiger partial charge in [-0.3, -0.25) is 4.90 Å². The molecule has 2 unspecified atom stereocenters. The molecule has 0 aliphatic carbocycles. The zero-order valence-corrected chi connectivity index (χ0v) is 13.5. The van der Waals surface area contributed by atoms with Gasteiger partial charge < -0.3 is 10.6 Å². The average molecular weight is 281 g/mol. The van der Waals surface area contributed by atoms with Gasteiger partial charge in [0.05, 0.1) is 0 Å². The molecule has 118 valence electrons. The zero-order chi connectivity index (χ0) is 14.2. The Morgan fingerprint density at radius 1 is 1.10 bits per heavy atom. The summed E-state index contributed by atoms with van der Waals surface area (Å²) in [6.07, 6.45) is 11.0. The van der Waals surface area contributed by atoms with Crippen LogP contribution < -0.4 is 5.73 Å². The molecule has 0 amide bonds. The van der Waals surface area contributed by atoms with Crippen molar-refractivity contribution >= 4 is 0 Å². The summed E-state index contributed by atoms with van der Waals surface area (Å²) in [4.78, 5) is 5.46. The Morgan fingerprint density at radius 2 is 1.90 bits per heavy atom. The van der Waals surface area contributed by atoms with Crippen molar-refractivity contribution in [2.45, 2.75) is 64.3 Å². The van der Waals surface area contributed by atoms with Gasteiger partial charge in [-0.2, -0.15) is 0 Å². The minimum Gasteiger partial charge on any atom is -0.330 e. The van der Waals surface area contributed by atoms with Crippen LogP contribution in [0.3, 0.4) is 0 Å². The van der Waals surface area contributed by atoms with Crippen LogP contribution in [0.5, 0.6) is 0 Å². The Morgan fingerprint density at radius 3 is 2.60 bits per heavy atom. The molecule has 2 N–H and O–H groups in total. The molecule has 0 aromatic rings. The van der Waals surface area contributed by atoms with E-state index in [0.717, 1.165) is 18.5 Å². The van der Waals surface area contributed by atoms with Crippen LogP contribution >= 0.6 is 0 Å². The molecule has 2 aliphatic rings. The molecule has 0 spiro atoms. The molecule has 2 fully saturated rings. The summed E-state index contributed by atoms with van der Waals surface area (Å²) in [7, 11) is 0. The van der Waals surface area contributed by atoms with Crippen LogP contribution in [0.15, 0.2) is 0 Å². The molecule has 0 radical (unpaired) electrons. The van der Waals surface area contributed by atoms with Crippen LogP contribution in [-0.4, -0.2) is 55.1 Å². The van der Waals surface area contributed by atoms with E-state index >= 15 is 0 Å². The first-order valence-electron chi connectivity index (χ1n) is 9.00. The van der Waals surface area contributed by atoms with Gasteiger partial charge in [-0.1, -0.05) is 19.8 Å². The van der Waals surface area contributed by atoms with E-state index in [-0.39, 0.29) is 0 Å². The van der Waals surface area contributed by atoms with Gasteiger partial charge in [-0.25, -0.2) is 0 Å². The van der Waals surface area contributed by atoms with Crippen molar-refractivity contribution in [2.24, 2.45) is 11.7 Å². The van der Waals surface area contributed by atoms with Gasteiger partial charge in [0.25, 0.3) is 0 Å². The first kappa shape index (κ1) is 16.3. The number of hydrogen-bond donors (Lipinski definition) is 1. The lowest BCUT2D eigenvalue weighted by Crippen LogP contribution is -2.40. The lowest BCUT2D eigenvalue weighted by Gasteiger charge is -2.32. The van der Waals surface area contributed by atoms with E-state index in [1.54, 1.807) is 0 Å². The van der Waals surface area contributed by atoms with Crippen LogP contribution in [0.4, 0.5) is 0 Å². The summed E-state index contributed by atoms with van der Waals surface area (Å²) < 4.78 is 0. The minimum absolute atomic E-state index is 0.860. The van der Waals surface area contributed by atoms with Crippen molar-refractivity contribution in [2.75, 3.05) is 39.3 Å². The lowest BCUT2D eigenvalue weighted by molar-refractivity contribution is 0.161. The van der Waals surface area contributed by atoms with Gasteiger partial charge in [0.2, 0.25) is 0 Å². The Labute approximate surface area is 125 Å². The van der Waals surface area contributed by atoms with Crippen LogP contribution in [0.25, 0.3) is 0 Å². The second-order valence-corrected chi connectivity index (χ2v) is 6.83. The number of rotatable bonds is 8. The molecule has 0 saturated carbocycles. The average Bonchev–Trinajstić information content (AvgIpc) is 2.96. The molecule has 2 aliphatic heterocycles. The van der Waals surface area contributed by atoms with Crippen molar-refractivity contribution in [1.29, 1.82) is 0 Å². The summed E-state index contributed by atoms with van der Waals surface area (Å²) in [5.74, 6) is 0.862. The van der Waals surface area contributed by atoms with E-state index in [4.69, 9.17) is 5.73 Å². The molecule has 2 rings (SSSR count). The number of hydrogen-bond acceptors (Lipinski definition) is 3. The third-order valence-electron chi connectivity index (χ3n) is 5.39. The topological polar surface area (TPSA) is 32.5 Å². The monoisotopic (exact) mass is 281 g/mol. The second-order valence-electron chi connectivity index (χ2n) is 6.83. The Balaban J connectivity index is 1.60. The fourth-order valence-electron chi connectivity index (χ4n) is 3.99. The number of nitrogens with two attached hydrogens (primary N) is 1. The molecule has 0 aromatic heterocycles. The van der Waals surface area contributed by atoms with Crippen molar-refractivity contribution in [3.05, 3.63) is 0 Å². The van der Waals surface area contributed by atoms with Gasteiger partial charge >= 0.3 is 0 Å². The normalized spacial score (nSPS) is 27.0. The van der Waals surface area contributed by atoms with Crippen molar-refractivity contribution in [1.82, 2.24) is 9.80 Å². The van der Waals surface area contributed by atoms with Gasteiger partial charge in [-0.15, -0.1) is 0 Å². The van der Waals surface area contributed by atoms with E-state index in [2.05, 4.69) is 16.7 Å². The number of likely N-dealkylation sites (tertiary alicyclic amines) is 2. The first-order chi connectivity index (χ1) is 9.83. The fourth-order valence-corrected chi connectivity index (χ4v) is 3.99. The van der Waals surface area contributed by atoms with Crippen LogP contribution in [0.2, 0.25) is 0 Å². The van der Waals surface area contributed by atoms with Crippen molar-refractivity contribution in [3.8, 4) is 0 Å². The predicted octanol–water partition coefficient (Wildman–Crippen LogP) is 2.70. The largest absolute Gasteiger partial charge is 0.330 e. The SMILES string of the molecule is CCC(CCN)CCCN1CCC(N2CCCCC2)C1. The van der Waals surface area contributed by atoms with Gasteiger partial charge in [0, 0.05) is 12.6 Å². The molecule has 2 atom stereocenters. The zero-order valence-electron chi connectivity index (χ0n) is 13.5. The van der Waals surface area contributed by atoms with E-state index in [9.17, 15) is 0 Å². The molecule has 0 aromatic carbocycles. The van der Waals surface area contributed by atoms with Crippen molar-refractivity contribution in [3.63, 3.8) is 0 Å². The minimum atomic E-state index is 0.860. The molecular formula is C17H35N3. The molecule has 3 nitrogen and oxygen atoms in total. The Bertz CT molecular complexity index is 251. The highest BCUT2D eigenvalue weighted by molar-refractivity contribution is 4.84. The Hall–Kier alpha value is -0.120. The lowest BCUT2D eigenvalue weighted by atomic mass is 9.97. The number of nitrogens with zero attached hydrogens (tertiary/aromatic N) is 2. The van der Waals surface area contributed by atoms with E-state index in [1.807, 2.05) is 0 Å². The molecular weight excluding hydrogens is 246 g/mol. The highest BCUT2D eigenvalue weighted by Gasteiger charge is 2.27. The molecule has 2 heterocycles. The molecule has 3 heteroatoms. The first-order valence-corrected chi connectivity index (χ1v) is 9.00. The summed E-state index contributed by atoms with van der Waals surface area (Å²) >= 11 is 0. The quantitative estimate of drug-likeness (QED) is 0.742. The van der Waals surface area contributed by atoms with E-state index in [0.29, 0.717) is 0 Å². The highest BCUT2D eigenvalue weighted by Crippen LogP contribution is 2.21. The van der Waals surface area contributed by atoms with Crippen molar-refractivity contribution < 1.29 is 0 Å². The van der Waals surface area contributed by atoms with E-state index < -0.39 is 0 Å². The summed E-state index contributed by atoms with van der Waals surface area (Å²) in [6, 6.07) is 0.862. The summed E-state index contributed by atoms with van der Waals surface area (Å²) in [6.45, 7) is 9.84. The molecule has 2 saturated heterocycles. The predicted molar refractivity (Wildman–Crippen MR) is 87.0 cm³/mol. The maximum atomic E-state index is 5.68. The second kappa shape index (κ2) is 9.01. The van der Waals surface area contributed by atoms with Crippen LogP contribution in [-0.2, 0) is 0 Å². The summed E-state index contributed by atoms with van der Waals surface area (Å²) in [5.41, 5.74) is 5.68. The molecule has 0 bridgehead atoms. The third-order valence-corrected chi connectivity index (χ3v) is 5.39. The van der Waals surface area contributed by atoms with Gasteiger partial charge in [0.1, 0.15) is 0 Å². The van der Waals surface area contributed by atoms with Crippen LogP contribution in [0, 0.1) is 5.92 Å². The van der Waals surface area contributed by atoms with E-state index in [1.165, 1.54) is 84.1 Å².